The summed E-state index contributed by atoms with van der Waals surface area (Å²) in [6.45, 7) is -0.227. The van der Waals surface area contributed by atoms with Gasteiger partial charge in [0, 0.05) is 0 Å². The zero-order valence-electron chi connectivity index (χ0n) is 18.1. The van der Waals surface area contributed by atoms with Crippen LogP contribution in [0.4, 0.5) is 0 Å². The maximum atomic E-state index is 13.5. The van der Waals surface area contributed by atoms with E-state index in [1.807, 2.05) is 0 Å². The molecule has 4 aliphatic carbocycles. The standard InChI is InChI=1S/C22H28O10S/c23-19(29-2-1-3-33(26,27)28)13-14-16-17(31-20(14)24)18(15(13)30-16)32-21(25)22-7-10-4-11(8-22)6-12(5-10)9-22/h10-18H,1-9H2,(H,26,27,28). The van der Waals surface area contributed by atoms with Crippen LogP contribution in [-0.2, 0) is 43.4 Å². The zero-order chi connectivity index (χ0) is 23.1. The number of carbonyl (C=O) groups excluding carboxylic acids is 3. The van der Waals surface area contributed by atoms with E-state index in [1.165, 1.54) is 19.3 Å². The lowest BCUT2D eigenvalue weighted by Crippen LogP contribution is -2.54. The van der Waals surface area contributed by atoms with Crippen LogP contribution in [0.5, 0.6) is 0 Å². The molecule has 4 saturated carbocycles. The molecule has 6 unspecified atom stereocenters. The van der Waals surface area contributed by atoms with E-state index in [9.17, 15) is 22.8 Å². The number of hydrogen-bond donors (Lipinski definition) is 1. The van der Waals surface area contributed by atoms with Crippen LogP contribution in [0, 0.1) is 35.0 Å². The maximum Gasteiger partial charge on any atom is 0.313 e. The van der Waals surface area contributed by atoms with Gasteiger partial charge in [0.15, 0.2) is 12.2 Å². The Morgan fingerprint density at radius 1 is 1.03 bits per heavy atom. The molecular weight excluding hydrogens is 456 g/mol. The molecule has 3 heterocycles. The van der Waals surface area contributed by atoms with E-state index in [4.69, 9.17) is 23.5 Å². The average molecular weight is 485 g/mol. The minimum absolute atomic E-state index is 0.0750. The molecule has 0 aromatic rings. The second-order valence-electron chi connectivity index (χ2n) is 10.9. The molecule has 3 aliphatic heterocycles. The predicted molar refractivity (Wildman–Crippen MR) is 108 cm³/mol. The highest BCUT2D eigenvalue weighted by Crippen LogP contribution is 2.61. The highest BCUT2D eigenvalue weighted by molar-refractivity contribution is 7.85. The van der Waals surface area contributed by atoms with Gasteiger partial charge in [-0.25, -0.2) is 0 Å². The minimum atomic E-state index is -4.16. The number of ether oxygens (including phenoxy) is 4. The van der Waals surface area contributed by atoms with Crippen LogP contribution >= 0.6 is 0 Å². The SMILES string of the molecule is O=C1OC2C(OC(=O)C34CC5CC(CC(C5)C3)C4)C3OC2C1C3C(=O)OCCCS(=O)(=O)O. The zero-order valence-corrected chi connectivity index (χ0v) is 18.9. The van der Waals surface area contributed by atoms with Crippen molar-refractivity contribution >= 4 is 28.0 Å². The lowest BCUT2D eigenvalue weighted by atomic mass is 9.49. The summed E-state index contributed by atoms with van der Waals surface area (Å²) in [7, 11) is -4.16. The van der Waals surface area contributed by atoms with Crippen LogP contribution in [0.25, 0.3) is 0 Å². The molecule has 11 heteroatoms. The lowest BCUT2D eigenvalue weighted by Gasteiger charge is -2.55. The van der Waals surface area contributed by atoms with Crippen LogP contribution in [-0.4, -0.2) is 67.7 Å². The number of esters is 3. The summed E-state index contributed by atoms with van der Waals surface area (Å²) < 4.78 is 53.0. The van der Waals surface area contributed by atoms with Crippen molar-refractivity contribution in [2.24, 2.45) is 35.0 Å². The van der Waals surface area contributed by atoms with Crippen LogP contribution < -0.4 is 0 Å². The maximum absolute atomic E-state index is 13.5. The normalized spacial score (nSPS) is 46.5. The molecule has 1 N–H and O–H groups in total. The van der Waals surface area contributed by atoms with Crippen LogP contribution in [0.3, 0.4) is 0 Å². The van der Waals surface area contributed by atoms with E-state index in [0.717, 1.165) is 19.3 Å². The number of rotatable bonds is 7. The first kappa shape index (κ1) is 21.8. The average Bonchev–Trinajstić information content (AvgIpc) is 3.33. The van der Waals surface area contributed by atoms with E-state index in [-0.39, 0.29) is 19.0 Å². The monoisotopic (exact) mass is 484 g/mol. The molecule has 33 heavy (non-hydrogen) atoms. The van der Waals surface area contributed by atoms with Gasteiger partial charge < -0.3 is 18.9 Å². The highest BCUT2D eigenvalue weighted by atomic mass is 32.2. The lowest BCUT2D eigenvalue weighted by molar-refractivity contribution is -0.186. The fourth-order valence-corrected chi connectivity index (χ4v) is 8.34. The Kier molecular flexibility index (Phi) is 4.88. The van der Waals surface area contributed by atoms with Gasteiger partial charge in [0.2, 0.25) is 0 Å². The van der Waals surface area contributed by atoms with Crippen molar-refractivity contribution in [3.8, 4) is 0 Å². The number of fused-ring (bicyclic) bond motifs is 1. The van der Waals surface area contributed by atoms with Gasteiger partial charge in [-0.05, 0) is 62.7 Å². The first-order valence-corrected chi connectivity index (χ1v) is 13.4. The van der Waals surface area contributed by atoms with E-state index in [2.05, 4.69) is 0 Å². The molecule has 0 aromatic carbocycles. The molecule has 7 aliphatic rings. The summed E-state index contributed by atoms with van der Waals surface area (Å²) in [6, 6.07) is 0. The van der Waals surface area contributed by atoms with Gasteiger partial charge in [-0.3, -0.25) is 18.9 Å². The van der Waals surface area contributed by atoms with Crippen LogP contribution in [0.1, 0.15) is 44.9 Å². The molecule has 6 bridgehead atoms. The van der Waals surface area contributed by atoms with Crippen molar-refractivity contribution < 1.29 is 46.3 Å². The molecule has 0 radical (unpaired) electrons. The summed E-state index contributed by atoms with van der Waals surface area (Å²) in [5.41, 5.74) is -0.482. The Morgan fingerprint density at radius 3 is 2.27 bits per heavy atom. The van der Waals surface area contributed by atoms with Crippen molar-refractivity contribution in [2.75, 3.05) is 12.4 Å². The number of hydrogen-bond acceptors (Lipinski definition) is 9. The molecular formula is C22H28O10S. The van der Waals surface area contributed by atoms with Gasteiger partial charge in [-0.2, -0.15) is 8.42 Å². The second-order valence-corrected chi connectivity index (χ2v) is 12.5. The van der Waals surface area contributed by atoms with Gasteiger partial charge in [-0.1, -0.05) is 0 Å². The smallest absolute Gasteiger partial charge is 0.313 e. The Morgan fingerprint density at radius 2 is 1.67 bits per heavy atom. The Balaban J connectivity index is 1.15. The highest BCUT2D eigenvalue weighted by Gasteiger charge is 2.72. The van der Waals surface area contributed by atoms with E-state index in [0.29, 0.717) is 17.8 Å². The van der Waals surface area contributed by atoms with Crippen molar-refractivity contribution in [3.05, 3.63) is 0 Å². The van der Waals surface area contributed by atoms with Gasteiger partial charge in [-0.15, -0.1) is 0 Å². The topological polar surface area (TPSA) is 142 Å². The third kappa shape index (κ3) is 3.49. The van der Waals surface area contributed by atoms with Crippen molar-refractivity contribution in [2.45, 2.75) is 69.4 Å². The first-order valence-electron chi connectivity index (χ1n) is 11.8. The van der Waals surface area contributed by atoms with E-state index in [1.54, 1.807) is 0 Å². The van der Waals surface area contributed by atoms with Gasteiger partial charge in [0.25, 0.3) is 10.1 Å². The number of carbonyl (C=O) groups is 3. The molecule has 0 aromatic heterocycles. The van der Waals surface area contributed by atoms with Crippen LogP contribution in [0.2, 0.25) is 0 Å². The third-order valence-corrected chi connectivity index (χ3v) is 9.49. The molecule has 7 rings (SSSR count). The molecule has 6 atom stereocenters. The molecule has 7 fully saturated rings. The Labute approximate surface area is 191 Å². The molecule has 3 saturated heterocycles. The molecule has 0 spiro atoms. The quantitative estimate of drug-likeness (QED) is 0.239. The summed E-state index contributed by atoms with van der Waals surface area (Å²) in [4.78, 5) is 38.7. The van der Waals surface area contributed by atoms with Gasteiger partial charge in [0.05, 0.1) is 17.8 Å². The molecule has 0 amide bonds. The minimum Gasteiger partial charge on any atom is -0.465 e. The third-order valence-electron chi connectivity index (χ3n) is 8.68. The molecule has 182 valence electrons. The first-order chi connectivity index (χ1) is 15.6. The second kappa shape index (κ2) is 7.39. The van der Waals surface area contributed by atoms with E-state index >= 15 is 0 Å². The Hall–Kier alpha value is -1.72. The van der Waals surface area contributed by atoms with E-state index < -0.39 is 69.5 Å². The summed E-state index contributed by atoms with van der Waals surface area (Å²) in [5, 5.41) is 0. The van der Waals surface area contributed by atoms with Crippen molar-refractivity contribution in [1.29, 1.82) is 0 Å². The fourth-order valence-electron chi connectivity index (χ4n) is 7.86. The molecule has 10 nitrogen and oxygen atoms in total. The Bertz CT molecular complexity index is 954. The van der Waals surface area contributed by atoms with Gasteiger partial charge >= 0.3 is 17.9 Å². The van der Waals surface area contributed by atoms with Crippen molar-refractivity contribution in [3.63, 3.8) is 0 Å². The van der Waals surface area contributed by atoms with Crippen molar-refractivity contribution in [1.82, 2.24) is 0 Å². The summed E-state index contributed by atoms with van der Waals surface area (Å²) in [6.07, 6.45) is 2.96. The fraction of sp³-hybridized carbons (Fsp3) is 0.864. The predicted octanol–water partition coefficient (Wildman–Crippen LogP) is 0.875. The largest absolute Gasteiger partial charge is 0.465 e. The summed E-state index contributed by atoms with van der Waals surface area (Å²) in [5.74, 6) is -2.16. The summed E-state index contributed by atoms with van der Waals surface area (Å²) >= 11 is 0. The van der Waals surface area contributed by atoms with Crippen LogP contribution in [0.15, 0.2) is 0 Å². The van der Waals surface area contributed by atoms with Gasteiger partial charge in [0.1, 0.15) is 24.0 Å².